The molecule has 2 N–H and O–H groups in total. The Hall–Kier alpha value is -2.14. The first kappa shape index (κ1) is 15.3. The fourth-order valence-corrected chi connectivity index (χ4v) is 1.93. The van der Waals surface area contributed by atoms with Crippen molar-refractivity contribution in [2.45, 2.75) is 38.8 Å². The van der Waals surface area contributed by atoms with Gasteiger partial charge in [-0.15, -0.1) is 0 Å². The summed E-state index contributed by atoms with van der Waals surface area (Å²) in [5.41, 5.74) is 1.24. The minimum absolute atomic E-state index is 0.0186. The van der Waals surface area contributed by atoms with Crippen molar-refractivity contribution in [3.05, 3.63) is 48.3 Å². The van der Waals surface area contributed by atoms with Crippen molar-refractivity contribution in [2.24, 2.45) is 0 Å². The van der Waals surface area contributed by atoms with Crippen LogP contribution in [0.5, 0.6) is 0 Å². The maximum Gasteiger partial charge on any atom is 0.227 e. The smallest absolute Gasteiger partial charge is 0.227 e. The van der Waals surface area contributed by atoms with E-state index >= 15 is 0 Å². The zero-order valence-corrected chi connectivity index (χ0v) is 12.6. The Kier molecular flexibility index (Phi) is 4.43. The summed E-state index contributed by atoms with van der Waals surface area (Å²) in [6.07, 6.45) is 2.61. The van der Waals surface area contributed by atoms with Gasteiger partial charge in [0, 0.05) is 6.20 Å². The molecule has 21 heavy (non-hydrogen) atoms. The molecule has 0 aliphatic heterocycles. The fourth-order valence-electron chi connectivity index (χ4n) is 1.93. The molecule has 0 spiro atoms. The summed E-state index contributed by atoms with van der Waals surface area (Å²) in [6, 6.07) is 9.15. The first-order valence-electron chi connectivity index (χ1n) is 6.94. The average molecular weight is 287 g/mol. The number of hydrogen-bond donors (Lipinski definition) is 2. The molecule has 112 valence electrons. The Morgan fingerprint density at radius 1 is 1.33 bits per heavy atom. The minimum atomic E-state index is -0.802. The maximum absolute atomic E-state index is 11.9. The van der Waals surface area contributed by atoms with E-state index in [1.165, 1.54) is 0 Å². The van der Waals surface area contributed by atoms with E-state index in [-0.39, 0.29) is 17.9 Å². The van der Waals surface area contributed by atoms with Crippen molar-refractivity contribution in [3.63, 3.8) is 0 Å². The number of rotatable bonds is 4. The molecule has 5 nitrogen and oxygen atoms in total. The number of anilines is 1. The van der Waals surface area contributed by atoms with Gasteiger partial charge >= 0.3 is 0 Å². The summed E-state index contributed by atoms with van der Waals surface area (Å²) in [5, 5.41) is 17.0. The highest BCUT2D eigenvalue weighted by molar-refractivity contribution is 5.90. The molecule has 0 aliphatic rings. The van der Waals surface area contributed by atoms with Crippen molar-refractivity contribution in [3.8, 4) is 0 Å². The van der Waals surface area contributed by atoms with Gasteiger partial charge in [-0.25, -0.2) is 0 Å². The number of aliphatic hydroxyl groups is 1. The standard InChI is InChI=1S/C16H21N3O2/c1-16(2,3)19-11-13(10-17-19)18-15(21)9-14(20)12-7-5-4-6-8-12/h4-8,10-11,14,20H,9H2,1-3H3,(H,18,21). The molecule has 5 heteroatoms. The van der Waals surface area contributed by atoms with E-state index in [4.69, 9.17) is 0 Å². The van der Waals surface area contributed by atoms with Crippen LogP contribution in [-0.2, 0) is 10.3 Å². The molecule has 0 radical (unpaired) electrons. The molecule has 0 aliphatic carbocycles. The van der Waals surface area contributed by atoms with E-state index in [2.05, 4.69) is 10.4 Å². The predicted octanol–water partition coefficient (Wildman–Crippen LogP) is 2.70. The van der Waals surface area contributed by atoms with E-state index < -0.39 is 6.10 Å². The largest absolute Gasteiger partial charge is 0.388 e. The van der Waals surface area contributed by atoms with Crippen molar-refractivity contribution in [1.29, 1.82) is 0 Å². The second kappa shape index (κ2) is 6.10. The third-order valence-corrected chi connectivity index (χ3v) is 3.12. The Morgan fingerprint density at radius 2 is 2.00 bits per heavy atom. The van der Waals surface area contributed by atoms with Crippen LogP contribution in [0, 0.1) is 0 Å². The molecule has 1 aromatic heterocycles. The van der Waals surface area contributed by atoms with Gasteiger partial charge in [0.25, 0.3) is 0 Å². The van der Waals surface area contributed by atoms with E-state index in [0.717, 1.165) is 5.56 Å². The van der Waals surface area contributed by atoms with Gasteiger partial charge < -0.3 is 10.4 Å². The number of nitrogens with one attached hydrogen (secondary N) is 1. The zero-order chi connectivity index (χ0) is 15.5. The number of carbonyl (C=O) groups excluding carboxylic acids is 1. The molecule has 1 heterocycles. The third-order valence-electron chi connectivity index (χ3n) is 3.12. The highest BCUT2D eigenvalue weighted by Crippen LogP contribution is 2.19. The van der Waals surface area contributed by atoms with Gasteiger partial charge in [0.15, 0.2) is 0 Å². The Bertz CT molecular complexity index is 599. The summed E-state index contributed by atoms with van der Waals surface area (Å²) in [7, 11) is 0. The SMILES string of the molecule is CC(C)(C)n1cc(NC(=O)CC(O)c2ccccc2)cn1. The van der Waals surface area contributed by atoms with Crippen LogP contribution < -0.4 is 5.32 Å². The maximum atomic E-state index is 11.9. The lowest BCUT2D eigenvalue weighted by atomic mass is 10.1. The monoisotopic (exact) mass is 287 g/mol. The van der Waals surface area contributed by atoms with Gasteiger partial charge in [-0.2, -0.15) is 5.10 Å². The molecule has 2 rings (SSSR count). The van der Waals surface area contributed by atoms with Crippen LogP contribution in [0.2, 0.25) is 0 Å². The second-order valence-electron chi connectivity index (χ2n) is 6.02. The molecule has 1 atom stereocenters. The van der Waals surface area contributed by atoms with Crippen molar-refractivity contribution < 1.29 is 9.90 Å². The minimum Gasteiger partial charge on any atom is -0.388 e. The number of nitrogens with zero attached hydrogens (tertiary/aromatic N) is 2. The summed E-state index contributed by atoms with van der Waals surface area (Å²) >= 11 is 0. The van der Waals surface area contributed by atoms with Gasteiger partial charge in [-0.3, -0.25) is 9.48 Å². The van der Waals surface area contributed by atoms with Gasteiger partial charge in [-0.1, -0.05) is 30.3 Å². The normalized spacial score (nSPS) is 13.0. The van der Waals surface area contributed by atoms with Crippen LogP contribution >= 0.6 is 0 Å². The number of benzene rings is 1. The number of carbonyl (C=O) groups is 1. The van der Waals surface area contributed by atoms with Gasteiger partial charge in [0.2, 0.25) is 5.91 Å². The zero-order valence-electron chi connectivity index (χ0n) is 12.6. The van der Waals surface area contributed by atoms with Crippen molar-refractivity contribution in [1.82, 2.24) is 9.78 Å². The van der Waals surface area contributed by atoms with E-state index in [9.17, 15) is 9.90 Å². The Balaban J connectivity index is 1.94. The predicted molar refractivity (Wildman–Crippen MR) is 81.9 cm³/mol. The van der Waals surface area contributed by atoms with Crippen LogP contribution in [0.3, 0.4) is 0 Å². The number of aliphatic hydroxyl groups excluding tert-OH is 1. The first-order valence-corrected chi connectivity index (χ1v) is 6.94. The molecular formula is C16H21N3O2. The summed E-state index contributed by atoms with van der Waals surface area (Å²) in [5.74, 6) is -0.236. The first-order chi connectivity index (χ1) is 9.86. The van der Waals surface area contributed by atoms with E-state index in [0.29, 0.717) is 5.69 Å². The number of amides is 1. The second-order valence-corrected chi connectivity index (χ2v) is 6.02. The molecule has 0 saturated heterocycles. The van der Waals surface area contributed by atoms with Gasteiger partial charge in [0.05, 0.1) is 29.9 Å². The average Bonchev–Trinajstić information content (AvgIpc) is 2.88. The fraction of sp³-hybridized carbons (Fsp3) is 0.375. The summed E-state index contributed by atoms with van der Waals surface area (Å²) in [4.78, 5) is 11.9. The van der Waals surface area contributed by atoms with Crippen LogP contribution in [0.4, 0.5) is 5.69 Å². The summed E-state index contributed by atoms with van der Waals surface area (Å²) in [6.45, 7) is 6.10. The van der Waals surface area contributed by atoms with Crippen LogP contribution in [0.25, 0.3) is 0 Å². The molecule has 2 aromatic rings. The molecule has 1 amide bonds. The molecule has 0 fully saturated rings. The molecule has 0 saturated carbocycles. The van der Waals surface area contributed by atoms with E-state index in [1.807, 2.05) is 39.0 Å². The third kappa shape index (κ3) is 4.16. The Labute approximate surface area is 124 Å². The van der Waals surface area contributed by atoms with Crippen LogP contribution in [-0.4, -0.2) is 20.8 Å². The topological polar surface area (TPSA) is 67.2 Å². The van der Waals surface area contributed by atoms with Gasteiger partial charge in [0.1, 0.15) is 0 Å². The highest BCUT2D eigenvalue weighted by Gasteiger charge is 2.16. The molecule has 1 aromatic carbocycles. The lowest BCUT2D eigenvalue weighted by Gasteiger charge is -2.18. The Morgan fingerprint density at radius 3 is 2.57 bits per heavy atom. The number of hydrogen-bond acceptors (Lipinski definition) is 3. The quantitative estimate of drug-likeness (QED) is 0.908. The molecule has 0 bridgehead atoms. The molecular weight excluding hydrogens is 266 g/mol. The van der Waals surface area contributed by atoms with Crippen LogP contribution in [0.1, 0.15) is 38.9 Å². The van der Waals surface area contributed by atoms with E-state index in [1.54, 1.807) is 29.2 Å². The van der Waals surface area contributed by atoms with Gasteiger partial charge in [-0.05, 0) is 26.3 Å². The lowest BCUT2D eigenvalue weighted by molar-refractivity contribution is -0.118. The van der Waals surface area contributed by atoms with Crippen LogP contribution in [0.15, 0.2) is 42.7 Å². The number of aromatic nitrogens is 2. The summed E-state index contributed by atoms with van der Waals surface area (Å²) < 4.78 is 1.79. The van der Waals surface area contributed by atoms with Crippen molar-refractivity contribution >= 4 is 11.6 Å². The lowest BCUT2D eigenvalue weighted by Crippen LogP contribution is -2.22. The highest BCUT2D eigenvalue weighted by atomic mass is 16.3. The molecule has 1 unspecified atom stereocenters. The van der Waals surface area contributed by atoms with Crippen molar-refractivity contribution in [2.75, 3.05) is 5.32 Å².